The number of aromatic nitrogens is 4. The Morgan fingerprint density at radius 1 is 1.24 bits per heavy atom. The minimum atomic E-state index is -0.514. The third kappa shape index (κ3) is 4.36. The van der Waals surface area contributed by atoms with Crippen molar-refractivity contribution in [3.8, 4) is 16.9 Å². The number of H-pyrrole nitrogens is 1. The largest absolute Gasteiger partial charge is 0.366 e. The first kappa shape index (κ1) is 25.7. The second kappa shape index (κ2) is 10.1. The molecule has 1 amide bonds. The van der Waals surface area contributed by atoms with Gasteiger partial charge in [0.1, 0.15) is 11.6 Å². The number of nitrogens with one attached hydrogen (secondary N) is 1. The molecule has 1 aliphatic rings. The Labute approximate surface area is 224 Å². The molecule has 38 heavy (non-hydrogen) atoms. The van der Waals surface area contributed by atoms with Crippen LogP contribution in [0.1, 0.15) is 32.3 Å². The molecule has 1 aromatic carbocycles. The normalized spacial score (nSPS) is 15.9. The number of rotatable bonds is 5. The summed E-state index contributed by atoms with van der Waals surface area (Å²) in [5.74, 6) is -0.0644. The molecule has 1 aliphatic heterocycles. The van der Waals surface area contributed by atoms with Gasteiger partial charge in [0.25, 0.3) is 0 Å². The van der Waals surface area contributed by atoms with Crippen LogP contribution >= 0.6 is 11.6 Å². The monoisotopic (exact) mass is 534 g/mol. The lowest BCUT2D eigenvalue weighted by Gasteiger charge is -2.40. The Morgan fingerprint density at radius 3 is 2.68 bits per heavy atom. The van der Waals surface area contributed by atoms with E-state index in [0.29, 0.717) is 42.2 Å². The lowest BCUT2D eigenvalue weighted by atomic mass is 10.1. The van der Waals surface area contributed by atoms with Crippen LogP contribution in [0.5, 0.6) is 0 Å². The topological polar surface area (TPSA) is 87.1 Å². The van der Waals surface area contributed by atoms with Gasteiger partial charge in [0.15, 0.2) is 5.65 Å². The van der Waals surface area contributed by atoms with Crippen molar-refractivity contribution in [2.45, 2.75) is 32.7 Å². The second-order valence-electron chi connectivity index (χ2n) is 9.70. The van der Waals surface area contributed by atoms with E-state index in [9.17, 15) is 14.0 Å². The first-order valence-corrected chi connectivity index (χ1v) is 12.8. The third-order valence-electron chi connectivity index (χ3n) is 6.93. The van der Waals surface area contributed by atoms with E-state index in [1.165, 1.54) is 16.7 Å². The van der Waals surface area contributed by atoms with Gasteiger partial charge in [0, 0.05) is 43.6 Å². The molecular weight excluding hydrogens is 507 g/mol. The van der Waals surface area contributed by atoms with Crippen LogP contribution in [-0.2, 0) is 4.79 Å². The number of amides is 1. The fourth-order valence-corrected chi connectivity index (χ4v) is 5.26. The molecule has 3 aromatic heterocycles. The summed E-state index contributed by atoms with van der Waals surface area (Å²) in [5.41, 5.74) is 1.81. The van der Waals surface area contributed by atoms with Crippen molar-refractivity contribution in [1.82, 2.24) is 24.4 Å². The Hall–Kier alpha value is -3.98. The van der Waals surface area contributed by atoms with E-state index in [0.717, 1.165) is 5.56 Å². The van der Waals surface area contributed by atoms with Crippen molar-refractivity contribution in [2.75, 3.05) is 24.5 Å². The number of benzene rings is 1. The van der Waals surface area contributed by atoms with E-state index in [2.05, 4.69) is 16.5 Å². The molecule has 0 aliphatic carbocycles. The number of piperazine rings is 1. The molecule has 0 radical (unpaired) electrons. The average Bonchev–Trinajstić information content (AvgIpc) is 3.38. The molecule has 5 rings (SSSR count). The minimum absolute atomic E-state index is 0.117. The van der Waals surface area contributed by atoms with Crippen LogP contribution in [0.4, 0.5) is 10.2 Å². The summed E-state index contributed by atoms with van der Waals surface area (Å²) in [6.45, 7) is 11.0. The van der Waals surface area contributed by atoms with Gasteiger partial charge in [-0.25, -0.2) is 18.7 Å². The Bertz CT molecular complexity index is 1610. The zero-order chi connectivity index (χ0) is 27.1. The van der Waals surface area contributed by atoms with Crippen molar-refractivity contribution < 1.29 is 9.18 Å². The van der Waals surface area contributed by atoms with E-state index in [1.807, 2.05) is 31.9 Å². The van der Waals surface area contributed by atoms with Crippen molar-refractivity contribution in [3.63, 3.8) is 0 Å². The van der Waals surface area contributed by atoms with E-state index in [-0.39, 0.29) is 34.1 Å². The fraction of sp³-hybridized carbons (Fsp3) is 0.286. The maximum atomic E-state index is 14.8. The molecule has 8 nitrogen and oxygen atoms in total. The van der Waals surface area contributed by atoms with Gasteiger partial charge in [-0.1, -0.05) is 44.2 Å². The summed E-state index contributed by atoms with van der Waals surface area (Å²) in [4.78, 5) is 42.0. The van der Waals surface area contributed by atoms with Gasteiger partial charge in [-0.15, -0.1) is 0 Å². The highest BCUT2D eigenvalue weighted by atomic mass is 35.5. The van der Waals surface area contributed by atoms with Crippen LogP contribution in [0.2, 0.25) is 5.02 Å². The number of halogens is 2. The number of carbonyl (C=O) groups is 1. The van der Waals surface area contributed by atoms with Crippen LogP contribution in [0, 0.1) is 5.82 Å². The molecule has 0 spiro atoms. The molecule has 1 saturated heterocycles. The minimum Gasteiger partial charge on any atom is -0.366 e. The number of fused-ring (bicyclic) bond motifs is 1. The van der Waals surface area contributed by atoms with Gasteiger partial charge in [0.2, 0.25) is 5.91 Å². The molecule has 4 aromatic rings. The van der Waals surface area contributed by atoms with E-state index in [1.54, 1.807) is 35.4 Å². The number of nitrogens with zero attached hydrogens (tertiary/aromatic N) is 5. The number of anilines is 1. The summed E-state index contributed by atoms with van der Waals surface area (Å²) < 4.78 is 16.3. The summed E-state index contributed by atoms with van der Waals surface area (Å²) in [7, 11) is 0. The summed E-state index contributed by atoms with van der Waals surface area (Å²) in [6, 6.07) is 7.81. The van der Waals surface area contributed by atoms with Gasteiger partial charge in [-0.3, -0.25) is 4.79 Å². The van der Waals surface area contributed by atoms with Gasteiger partial charge < -0.3 is 14.8 Å². The highest BCUT2D eigenvalue weighted by molar-refractivity contribution is 6.33. The van der Waals surface area contributed by atoms with E-state index < -0.39 is 11.5 Å². The van der Waals surface area contributed by atoms with Crippen LogP contribution in [0.3, 0.4) is 0 Å². The number of carbonyl (C=O) groups excluding carboxylic acids is 1. The van der Waals surface area contributed by atoms with Crippen molar-refractivity contribution >= 4 is 34.4 Å². The molecule has 1 fully saturated rings. The zero-order valence-electron chi connectivity index (χ0n) is 21.4. The number of hydrogen-bond donors (Lipinski definition) is 1. The van der Waals surface area contributed by atoms with Crippen LogP contribution in [0.25, 0.3) is 28.0 Å². The standard InChI is InChI=1S/C28H28ClFN6O2/c1-5-24(37)34-10-11-35(17(4)15-34)26-19-12-21(29)25(18-8-6-7-9-22(18)30)32-27(19)36(28(38)33-26)23-14-31-13-20(23)16(2)3/h5-9,12-14,16-17,31H,1,10-11,15H2,2-4H3/t17-/m0/s1. The maximum absolute atomic E-state index is 14.8. The molecule has 1 atom stereocenters. The molecule has 10 heteroatoms. The van der Waals surface area contributed by atoms with Crippen molar-refractivity contribution in [1.29, 1.82) is 0 Å². The third-order valence-corrected chi connectivity index (χ3v) is 7.22. The van der Waals surface area contributed by atoms with Crippen LogP contribution < -0.4 is 10.6 Å². The molecular formula is C28H28ClFN6O2. The predicted molar refractivity (Wildman–Crippen MR) is 148 cm³/mol. The smallest absolute Gasteiger partial charge is 0.355 e. The number of aromatic amines is 1. The average molecular weight is 535 g/mol. The van der Waals surface area contributed by atoms with Gasteiger partial charge >= 0.3 is 5.69 Å². The molecule has 0 saturated carbocycles. The molecule has 4 heterocycles. The molecule has 196 valence electrons. The maximum Gasteiger partial charge on any atom is 0.355 e. The van der Waals surface area contributed by atoms with E-state index in [4.69, 9.17) is 16.6 Å². The number of hydrogen-bond acceptors (Lipinski definition) is 5. The fourth-order valence-electron chi connectivity index (χ4n) is 5.01. The molecule has 0 bridgehead atoms. The van der Waals surface area contributed by atoms with Crippen molar-refractivity contribution in [2.24, 2.45) is 0 Å². The Kier molecular flexibility index (Phi) is 6.79. The predicted octanol–water partition coefficient (Wildman–Crippen LogP) is 4.91. The van der Waals surface area contributed by atoms with Gasteiger partial charge in [-0.2, -0.15) is 4.98 Å². The first-order valence-electron chi connectivity index (χ1n) is 12.4. The molecule has 1 N–H and O–H groups in total. The summed E-state index contributed by atoms with van der Waals surface area (Å²) in [6.07, 6.45) is 4.88. The highest BCUT2D eigenvalue weighted by Gasteiger charge is 2.30. The summed E-state index contributed by atoms with van der Waals surface area (Å²) in [5, 5.41) is 0.795. The lowest BCUT2D eigenvalue weighted by molar-refractivity contribution is -0.126. The quantitative estimate of drug-likeness (QED) is 0.367. The molecule has 0 unspecified atom stereocenters. The van der Waals surface area contributed by atoms with Crippen LogP contribution in [0.15, 0.2) is 60.2 Å². The van der Waals surface area contributed by atoms with Crippen LogP contribution in [-0.4, -0.2) is 56.0 Å². The lowest BCUT2D eigenvalue weighted by Crippen LogP contribution is -2.54. The highest BCUT2D eigenvalue weighted by Crippen LogP contribution is 2.35. The zero-order valence-corrected chi connectivity index (χ0v) is 22.2. The van der Waals surface area contributed by atoms with Gasteiger partial charge in [-0.05, 0) is 42.7 Å². The van der Waals surface area contributed by atoms with Gasteiger partial charge in [0.05, 0.1) is 21.8 Å². The Morgan fingerprint density at radius 2 is 2.00 bits per heavy atom. The first-order chi connectivity index (χ1) is 18.2. The Balaban J connectivity index is 1.76. The number of pyridine rings is 1. The van der Waals surface area contributed by atoms with Crippen molar-refractivity contribution in [3.05, 3.63) is 82.3 Å². The summed E-state index contributed by atoms with van der Waals surface area (Å²) >= 11 is 6.71. The SMILES string of the molecule is C=CC(=O)N1CCN(c2nc(=O)n(-c3c[nH]cc3C(C)C)c3nc(-c4ccccc4F)c(Cl)cc23)[C@@H](C)C1. The van der Waals surface area contributed by atoms with E-state index >= 15 is 0 Å². The second-order valence-corrected chi connectivity index (χ2v) is 10.1.